The topological polar surface area (TPSA) is 77.6 Å². The molecule has 0 aliphatic rings. The van der Waals surface area contributed by atoms with Gasteiger partial charge in [0.25, 0.3) is 5.91 Å². The summed E-state index contributed by atoms with van der Waals surface area (Å²) in [5, 5.41) is 12.7. The summed E-state index contributed by atoms with van der Waals surface area (Å²) in [4.78, 5) is 17.7. The highest BCUT2D eigenvalue weighted by Crippen LogP contribution is 2.28. The van der Waals surface area contributed by atoms with Crippen molar-refractivity contribution in [3.8, 4) is 16.9 Å². The lowest BCUT2D eigenvalue weighted by molar-refractivity contribution is 0.102. The fourth-order valence-corrected chi connectivity index (χ4v) is 3.98. The summed E-state index contributed by atoms with van der Waals surface area (Å²) in [6.45, 7) is 2.33. The molecule has 0 radical (unpaired) electrons. The van der Waals surface area contributed by atoms with E-state index in [4.69, 9.17) is 16.7 Å². The van der Waals surface area contributed by atoms with Gasteiger partial charge in [-0.25, -0.2) is 14.3 Å². The summed E-state index contributed by atoms with van der Waals surface area (Å²) in [5.74, 6) is -0.114. The second kappa shape index (κ2) is 9.33. The molecule has 0 aliphatic heterocycles. The summed E-state index contributed by atoms with van der Waals surface area (Å²) in [6, 6.07) is 26.9. The average Bonchev–Trinajstić information content (AvgIpc) is 3.45. The Labute approximate surface area is 201 Å². The number of rotatable bonds is 6. The van der Waals surface area contributed by atoms with Gasteiger partial charge in [-0.05, 0) is 30.7 Å². The first-order chi connectivity index (χ1) is 16.6. The smallest absolute Gasteiger partial charge is 0.262 e. The van der Waals surface area contributed by atoms with Crippen molar-refractivity contribution in [2.75, 3.05) is 5.32 Å². The fraction of sp³-hybridized carbons (Fsp3) is 0.0769. The molecule has 34 heavy (non-hydrogen) atoms. The molecule has 168 valence electrons. The van der Waals surface area contributed by atoms with E-state index in [1.54, 1.807) is 15.7 Å². The van der Waals surface area contributed by atoms with Crippen LogP contribution in [-0.4, -0.2) is 30.5 Å². The number of halogens is 1. The number of hydrogen-bond acceptors (Lipinski definition) is 4. The molecule has 3 aromatic carbocycles. The van der Waals surface area contributed by atoms with E-state index < -0.39 is 0 Å². The van der Waals surface area contributed by atoms with Crippen molar-refractivity contribution >= 4 is 23.5 Å². The molecule has 1 amide bonds. The van der Waals surface area contributed by atoms with Gasteiger partial charge in [0.2, 0.25) is 5.95 Å². The molecule has 1 N–H and O–H groups in total. The normalized spacial score (nSPS) is 10.9. The number of nitrogens with one attached hydrogen (secondary N) is 1. The predicted octanol–water partition coefficient (Wildman–Crippen LogP) is 5.39. The minimum Gasteiger partial charge on any atom is -0.289 e. The van der Waals surface area contributed by atoms with Crippen LogP contribution in [0.1, 0.15) is 21.6 Å². The van der Waals surface area contributed by atoms with Crippen molar-refractivity contribution in [1.29, 1.82) is 0 Å². The molecule has 8 heteroatoms. The Balaban J connectivity index is 1.46. The highest BCUT2D eigenvalue weighted by molar-refractivity contribution is 6.31. The van der Waals surface area contributed by atoms with Crippen LogP contribution in [0.2, 0.25) is 5.02 Å². The number of hydrogen-bond donors (Lipinski definition) is 1. The Hall–Kier alpha value is -4.23. The van der Waals surface area contributed by atoms with Crippen LogP contribution in [0.3, 0.4) is 0 Å². The van der Waals surface area contributed by atoms with Gasteiger partial charge in [-0.2, -0.15) is 5.10 Å². The molecule has 0 saturated carbocycles. The SMILES string of the molecule is Cc1c(C(=O)Nc2ncn(Cc3ccccc3Cl)n2)c(-c2ccccc2)nn1-c1ccccc1. The van der Waals surface area contributed by atoms with E-state index in [0.29, 0.717) is 22.8 Å². The van der Waals surface area contributed by atoms with Crippen LogP contribution in [0, 0.1) is 6.92 Å². The second-order valence-electron chi connectivity index (χ2n) is 7.73. The number of aromatic nitrogens is 5. The van der Waals surface area contributed by atoms with Crippen LogP contribution < -0.4 is 5.32 Å². The van der Waals surface area contributed by atoms with Crippen LogP contribution >= 0.6 is 11.6 Å². The van der Waals surface area contributed by atoms with Gasteiger partial charge >= 0.3 is 0 Å². The van der Waals surface area contributed by atoms with Crippen LogP contribution in [0.5, 0.6) is 0 Å². The Kier molecular flexibility index (Phi) is 5.93. The molecule has 0 aliphatic carbocycles. The second-order valence-corrected chi connectivity index (χ2v) is 8.14. The molecule has 0 spiro atoms. The zero-order valence-electron chi connectivity index (χ0n) is 18.4. The number of nitrogens with zero attached hydrogens (tertiary/aromatic N) is 5. The average molecular weight is 469 g/mol. The lowest BCUT2D eigenvalue weighted by Gasteiger charge is -2.05. The monoisotopic (exact) mass is 468 g/mol. The van der Waals surface area contributed by atoms with E-state index >= 15 is 0 Å². The fourth-order valence-electron chi connectivity index (χ4n) is 3.79. The number of anilines is 1. The van der Waals surface area contributed by atoms with Gasteiger partial charge in [0.1, 0.15) is 12.0 Å². The van der Waals surface area contributed by atoms with E-state index in [-0.39, 0.29) is 11.9 Å². The zero-order valence-corrected chi connectivity index (χ0v) is 19.1. The molecule has 0 fully saturated rings. The third-order valence-corrected chi connectivity index (χ3v) is 5.81. The third-order valence-electron chi connectivity index (χ3n) is 5.44. The first kappa shape index (κ1) is 21.6. The summed E-state index contributed by atoms with van der Waals surface area (Å²) in [7, 11) is 0. The maximum absolute atomic E-state index is 13.4. The van der Waals surface area contributed by atoms with Crippen molar-refractivity contribution < 1.29 is 4.79 Å². The predicted molar refractivity (Wildman–Crippen MR) is 132 cm³/mol. The van der Waals surface area contributed by atoms with Gasteiger partial charge in [0, 0.05) is 10.6 Å². The van der Waals surface area contributed by atoms with Crippen molar-refractivity contribution in [1.82, 2.24) is 24.5 Å². The molecular weight excluding hydrogens is 448 g/mol. The van der Waals surface area contributed by atoms with E-state index in [1.165, 1.54) is 0 Å². The van der Waals surface area contributed by atoms with Gasteiger partial charge in [-0.3, -0.25) is 10.1 Å². The minimum atomic E-state index is -0.325. The lowest BCUT2D eigenvalue weighted by atomic mass is 10.1. The number of carbonyl (C=O) groups excluding carboxylic acids is 1. The van der Waals surface area contributed by atoms with Gasteiger partial charge in [0.05, 0.1) is 23.5 Å². The number of carbonyl (C=O) groups is 1. The van der Waals surface area contributed by atoms with Gasteiger partial charge in [0.15, 0.2) is 0 Å². The Morgan fingerprint density at radius 3 is 2.32 bits per heavy atom. The first-order valence-corrected chi connectivity index (χ1v) is 11.1. The quantitative estimate of drug-likeness (QED) is 0.362. The summed E-state index contributed by atoms with van der Waals surface area (Å²) in [6.07, 6.45) is 1.57. The Bertz CT molecular complexity index is 1440. The molecule has 5 aromatic rings. The van der Waals surface area contributed by atoms with Gasteiger partial charge in [-0.15, -0.1) is 5.10 Å². The van der Waals surface area contributed by atoms with Gasteiger partial charge < -0.3 is 0 Å². The number of amides is 1. The number of benzene rings is 3. The van der Waals surface area contributed by atoms with E-state index in [2.05, 4.69) is 15.4 Å². The van der Waals surface area contributed by atoms with E-state index in [0.717, 1.165) is 22.5 Å². The molecule has 0 bridgehead atoms. The largest absolute Gasteiger partial charge is 0.289 e. The van der Waals surface area contributed by atoms with Crippen molar-refractivity contribution in [2.24, 2.45) is 0 Å². The van der Waals surface area contributed by atoms with Crippen molar-refractivity contribution in [2.45, 2.75) is 13.5 Å². The van der Waals surface area contributed by atoms with E-state index in [9.17, 15) is 4.79 Å². The molecule has 0 unspecified atom stereocenters. The van der Waals surface area contributed by atoms with Crippen molar-refractivity contribution in [3.05, 3.63) is 113 Å². The van der Waals surface area contributed by atoms with Crippen molar-refractivity contribution in [3.63, 3.8) is 0 Å². The summed E-state index contributed by atoms with van der Waals surface area (Å²) < 4.78 is 3.41. The Morgan fingerprint density at radius 1 is 0.912 bits per heavy atom. The van der Waals surface area contributed by atoms with Gasteiger partial charge in [-0.1, -0.05) is 78.3 Å². The molecule has 7 nitrogen and oxygen atoms in total. The third kappa shape index (κ3) is 4.33. The molecule has 2 heterocycles. The van der Waals surface area contributed by atoms with Crippen LogP contribution in [0.15, 0.2) is 91.3 Å². The maximum Gasteiger partial charge on any atom is 0.262 e. The highest BCUT2D eigenvalue weighted by Gasteiger charge is 2.24. The first-order valence-electron chi connectivity index (χ1n) is 10.7. The van der Waals surface area contributed by atoms with E-state index in [1.807, 2.05) is 91.9 Å². The molecule has 0 saturated heterocycles. The standard InChI is InChI=1S/C26H21ClN6O/c1-18-23(24(19-10-4-2-5-11-19)30-33(18)21-13-6-3-7-14-21)25(34)29-26-28-17-32(31-26)16-20-12-8-9-15-22(20)27/h2-15,17H,16H2,1H3,(H,29,31,34). The summed E-state index contributed by atoms with van der Waals surface area (Å²) >= 11 is 6.25. The molecular formula is C26H21ClN6O. The molecule has 2 aromatic heterocycles. The van der Waals surface area contributed by atoms with Crippen LogP contribution in [-0.2, 0) is 6.54 Å². The Morgan fingerprint density at radius 2 is 1.59 bits per heavy atom. The maximum atomic E-state index is 13.4. The van der Waals surface area contributed by atoms with Crippen LogP contribution in [0.4, 0.5) is 5.95 Å². The minimum absolute atomic E-state index is 0.211. The molecule has 5 rings (SSSR count). The summed E-state index contributed by atoms with van der Waals surface area (Å²) in [5.41, 5.74) is 4.42. The number of para-hydroxylation sites is 1. The zero-order chi connectivity index (χ0) is 23.5. The lowest BCUT2D eigenvalue weighted by Crippen LogP contribution is -2.15. The highest BCUT2D eigenvalue weighted by atomic mass is 35.5. The molecule has 0 atom stereocenters. The van der Waals surface area contributed by atoms with Crippen LogP contribution in [0.25, 0.3) is 16.9 Å².